The molecule has 268 valence electrons. The van der Waals surface area contributed by atoms with Gasteiger partial charge in [0.2, 0.25) is 0 Å². The minimum atomic E-state index is -0.939. The maximum Gasteiger partial charge on any atom is 0.415 e. The van der Waals surface area contributed by atoms with Crippen LogP contribution in [-0.4, -0.2) is 103 Å². The highest BCUT2D eigenvalue weighted by molar-refractivity contribution is 6.03. The van der Waals surface area contributed by atoms with E-state index in [-0.39, 0.29) is 46.1 Å². The van der Waals surface area contributed by atoms with Crippen LogP contribution in [0.3, 0.4) is 0 Å². The summed E-state index contributed by atoms with van der Waals surface area (Å²) < 4.78 is 58.7. The van der Waals surface area contributed by atoms with Crippen molar-refractivity contribution in [2.75, 3.05) is 65.0 Å². The third-order valence-corrected chi connectivity index (χ3v) is 10.1. The van der Waals surface area contributed by atoms with Gasteiger partial charge in [0.05, 0.1) is 16.5 Å². The van der Waals surface area contributed by atoms with Crippen LogP contribution in [0.4, 0.5) is 23.8 Å². The molecule has 2 N–H and O–H groups in total. The molecule has 7 rings (SSSR count). The fraction of sp³-hybridized carbons (Fsp3) is 0.459. The number of amides is 1. The number of hydrazine groups is 1. The topological polar surface area (TPSA) is 108 Å². The molecular weight excluding hydrogens is 661 g/mol. The van der Waals surface area contributed by atoms with Crippen LogP contribution in [0.5, 0.6) is 11.8 Å². The minimum Gasteiger partial charge on any atom is -0.461 e. The molecule has 0 saturated carbocycles. The number of aromatic nitrogens is 3. The van der Waals surface area contributed by atoms with Gasteiger partial charge in [0, 0.05) is 63.3 Å². The predicted octanol–water partition coefficient (Wildman–Crippen LogP) is 5.20. The van der Waals surface area contributed by atoms with Crippen LogP contribution >= 0.6 is 0 Å². The summed E-state index contributed by atoms with van der Waals surface area (Å²) in [7, 11) is 3.37. The van der Waals surface area contributed by atoms with E-state index in [0.29, 0.717) is 55.7 Å². The van der Waals surface area contributed by atoms with Crippen molar-refractivity contribution in [3.63, 3.8) is 0 Å². The molecule has 3 saturated heterocycles. The van der Waals surface area contributed by atoms with Crippen molar-refractivity contribution in [1.82, 2.24) is 35.5 Å². The third kappa shape index (κ3) is 6.73. The van der Waals surface area contributed by atoms with Gasteiger partial charge >= 0.3 is 12.1 Å². The highest BCUT2D eigenvalue weighted by atomic mass is 19.1. The fourth-order valence-electron chi connectivity index (χ4n) is 7.52. The number of terminal acetylenes is 1. The molecule has 3 fully saturated rings. The minimum absolute atomic E-state index is 0.0457. The number of fused-ring (bicyclic) bond motifs is 3. The molecule has 0 spiro atoms. The van der Waals surface area contributed by atoms with Crippen molar-refractivity contribution in [2.24, 2.45) is 0 Å². The molecule has 2 aromatic carbocycles. The number of carbonyl (C=O) groups is 1. The lowest BCUT2D eigenvalue weighted by Gasteiger charge is -2.31. The Hall–Kier alpha value is -4.71. The first-order chi connectivity index (χ1) is 24.7. The molecule has 3 aliphatic heterocycles. The second-order valence-electron chi connectivity index (χ2n) is 13.5. The van der Waals surface area contributed by atoms with E-state index >= 15 is 8.78 Å². The van der Waals surface area contributed by atoms with Crippen LogP contribution in [-0.2, 0) is 0 Å². The van der Waals surface area contributed by atoms with Gasteiger partial charge in [0.1, 0.15) is 35.6 Å². The van der Waals surface area contributed by atoms with Crippen molar-refractivity contribution < 1.29 is 27.4 Å². The van der Waals surface area contributed by atoms with Gasteiger partial charge in [-0.15, -0.1) is 6.42 Å². The summed E-state index contributed by atoms with van der Waals surface area (Å²) in [6.07, 6.45) is 10.7. The molecule has 2 atom stereocenters. The number of likely N-dealkylation sites (N-methyl/N-ethyl adjacent to an activating group) is 2. The van der Waals surface area contributed by atoms with Crippen molar-refractivity contribution in [2.45, 2.75) is 50.2 Å². The van der Waals surface area contributed by atoms with Crippen molar-refractivity contribution >= 4 is 33.6 Å². The average Bonchev–Trinajstić information content (AvgIpc) is 3.51. The third-order valence-electron chi connectivity index (χ3n) is 10.1. The van der Waals surface area contributed by atoms with E-state index in [1.807, 2.05) is 5.01 Å². The van der Waals surface area contributed by atoms with Crippen molar-refractivity contribution in [3.8, 4) is 35.4 Å². The largest absolute Gasteiger partial charge is 0.461 e. The number of ether oxygens (including phenoxy) is 2. The summed E-state index contributed by atoms with van der Waals surface area (Å²) in [4.78, 5) is 30.3. The van der Waals surface area contributed by atoms with Crippen LogP contribution in [0.1, 0.15) is 44.1 Å². The van der Waals surface area contributed by atoms with E-state index in [1.165, 1.54) is 29.3 Å². The van der Waals surface area contributed by atoms with Crippen molar-refractivity contribution in [3.05, 3.63) is 47.7 Å². The normalized spacial score (nSPS) is 20.7. The van der Waals surface area contributed by atoms with E-state index in [2.05, 4.69) is 31.5 Å². The number of nitrogens with zero attached hydrogens (tertiary/aromatic N) is 6. The Bertz CT molecular complexity index is 2000. The number of rotatable bonds is 9. The number of carbonyl (C=O) groups excluding carboxylic acids is 1. The molecular formula is C37H41F3N8O3. The van der Waals surface area contributed by atoms with Gasteiger partial charge in [-0.1, -0.05) is 18.4 Å². The smallest absolute Gasteiger partial charge is 0.415 e. The quantitative estimate of drug-likeness (QED) is 0.226. The number of hydrogen-bond donors (Lipinski definition) is 2. The summed E-state index contributed by atoms with van der Waals surface area (Å²) in [6.45, 7) is 3.57. The Kier molecular flexibility index (Phi) is 9.87. The average molecular weight is 703 g/mol. The zero-order valence-electron chi connectivity index (χ0n) is 28.8. The number of anilines is 1. The lowest BCUT2D eigenvalue weighted by atomic mass is 9.95. The molecule has 14 heteroatoms. The van der Waals surface area contributed by atoms with Crippen LogP contribution in [0.25, 0.3) is 32.9 Å². The second kappa shape index (κ2) is 14.5. The maximum absolute atomic E-state index is 17.1. The molecule has 5 heterocycles. The molecule has 51 heavy (non-hydrogen) atoms. The summed E-state index contributed by atoms with van der Waals surface area (Å²) in [5.74, 6) is 1.41. The molecule has 11 nitrogen and oxygen atoms in total. The van der Waals surface area contributed by atoms with Gasteiger partial charge in [-0.3, -0.25) is 14.9 Å². The zero-order chi connectivity index (χ0) is 35.7. The Balaban J connectivity index is 1.35. The number of alkyl halides is 1. The summed E-state index contributed by atoms with van der Waals surface area (Å²) in [5, 5.41) is 5.84. The summed E-state index contributed by atoms with van der Waals surface area (Å²) in [5.41, 5.74) is 2.70. The van der Waals surface area contributed by atoms with E-state index in [4.69, 9.17) is 20.9 Å². The summed E-state index contributed by atoms with van der Waals surface area (Å²) in [6, 6.07) is 5.64. The first-order valence-corrected chi connectivity index (χ1v) is 17.4. The van der Waals surface area contributed by atoms with Gasteiger partial charge in [-0.05, 0) is 62.9 Å². The number of benzene rings is 2. The van der Waals surface area contributed by atoms with Gasteiger partial charge in [0.25, 0.3) is 0 Å². The number of hydrogen-bond acceptors (Lipinski definition) is 10. The van der Waals surface area contributed by atoms with Gasteiger partial charge < -0.3 is 19.7 Å². The molecule has 4 aromatic rings. The predicted molar refractivity (Wildman–Crippen MR) is 188 cm³/mol. The van der Waals surface area contributed by atoms with E-state index in [1.54, 1.807) is 20.2 Å². The molecule has 2 aromatic heterocycles. The number of nitrogens with one attached hydrogen (secondary N) is 2. The lowest BCUT2D eigenvalue weighted by molar-refractivity contribution is 0.107. The number of halogens is 3. The Morgan fingerprint density at radius 2 is 2.06 bits per heavy atom. The van der Waals surface area contributed by atoms with Crippen LogP contribution < -0.4 is 25.2 Å². The Morgan fingerprint density at radius 1 is 1.20 bits per heavy atom. The SMILES string of the molecule is C#Cc1c(F)ccc2cc(OC(=O)N(C)CCNC)cc(-c3ncc4c(N5CCCCCN5)nc(OC[C@@]56CCCN5C[C@H](F)C6)nc4c3F)c12. The van der Waals surface area contributed by atoms with E-state index < -0.39 is 29.4 Å². The van der Waals surface area contributed by atoms with Crippen LogP contribution in [0.2, 0.25) is 0 Å². The monoisotopic (exact) mass is 702 g/mol. The molecule has 1 amide bonds. The second-order valence-corrected chi connectivity index (χ2v) is 13.5. The highest BCUT2D eigenvalue weighted by Gasteiger charge is 2.49. The highest BCUT2D eigenvalue weighted by Crippen LogP contribution is 2.42. The first-order valence-electron chi connectivity index (χ1n) is 17.4. The Morgan fingerprint density at radius 3 is 2.88 bits per heavy atom. The van der Waals surface area contributed by atoms with Crippen LogP contribution in [0.15, 0.2) is 30.5 Å². The van der Waals surface area contributed by atoms with E-state index in [0.717, 1.165) is 38.6 Å². The lowest BCUT2D eigenvalue weighted by Crippen LogP contribution is -2.43. The van der Waals surface area contributed by atoms with Gasteiger partial charge in [-0.2, -0.15) is 9.97 Å². The number of pyridine rings is 1. The van der Waals surface area contributed by atoms with Crippen LogP contribution in [0, 0.1) is 24.0 Å². The molecule has 0 aliphatic carbocycles. The molecule has 0 unspecified atom stereocenters. The zero-order valence-corrected chi connectivity index (χ0v) is 28.8. The van der Waals surface area contributed by atoms with Gasteiger partial charge in [-0.25, -0.2) is 23.4 Å². The summed E-state index contributed by atoms with van der Waals surface area (Å²) >= 11 is 0. The first kappa shape index (κ1) is 34.7. The maximum atomic E-state index is 17.1. The standard InChI is InChI=1S/C37H41F3N8O3/c1-4-26-29(39)10-9-23-17-25(51-36(49)46(3)16-13-41-2)18-27(30(23)26)32-31(40)33-28(20-42-32)34(48-15-7-5-6-12-43-48)45-35(44-33)50-22-37-11-8-14-47(37)21-24(38)19-37/h1,9-10,17-18,20,24,41,43H,5-8,11-16,19,21-22H2,2-3H3/t24-,37+/m1/s1. The fourth-order valence-corrected chi connectivity index (χ4v) is 7.52. The van der Waals surface area contributed by atoms with E-state index in [9.17, 15) is 9.18 Å². The Labute approximate surface area is 294 Å². The molecule has 3 aliphatic rings. The van der Waals surface area contributed by atoms with Crippen molar-refractivity contribution in [1.29, 1.82) is 0 Å². The molecule has 0 bridgehead atoms. The molecule has 0 radical (unpaired) electrons. The van der Waals surface area contributed by atoms with Gasteiger partial charge in [0.15, 0.2) is 11.6 Å².